The second-order valence-electron chi connectivity index (χ2n) is 9.10. The van der Waals surface area contributed by atoms with Crippen molar-refractivity contribution in [3.8, 4) is 0 Å². The van der Waals surface area contributed by atoms with Crippen LogP contribution in [0.15, 0.2) is 48.5 Å². The average molecular weight is 512 g/mol. The SMILES string of the molecule is CNC(=O)CN(C)C(=O)OCc1cccc2nnc(C(COCc3ccccc3)NC(=O)C(C)(C)N)n12. The van der Waals surface area contributed by atoms with Crippen LogP contribution in [0.3, 0.4) is 0 Å². The number of nitrogens with zero attached hydrogens (tertiary/aromatic N) is 4. The Morgan fingerprint density at radius 2 is 1.81 bits per heavy atom. The van der Waals surface area contributed by atoms with Gasteiger partial charge >= 0.3 is 6.09 Å². The number of amides is 3. The number of benzene rings is 1. The lowest BCUT2D eigenvalue weighted by atomic mass is 10.1. The number of rotatable bonds is 11. The van der Waals surface area contributed by atoms with Gasteiger partial charge in [0.25, 0.3) is 0 Å². The van der Waals surface area contributed by atoms with Gasteiger partial charge < -0.3 is 30.7 Å². The van der Waals surface area contributed by atoms with Crippen LogP contribution < -0.4 is 16.4 Å². The van der Waals surface area contributed by atoms with E-state index in [9.17, 15) is 14.4 Å². The Morgan fingerprint density at radius 1 is 1.08 bits per heavy atom. The van der Waals surface area contributed by atoms with Crippen molar-refractivity contribution < 1.29 is 23.9 Å². The first-order valence-electron chi connectivity index (χ1n) is 11.7. The van der Waals surface area contributed by atoms with Crippen LogP contribution in [-0.2, 0) is 32.3 Å². The van der Waals surface area contributed by atoms with Crippen molar-refractivity contribution in [3.63, 3.8) is 0 Å². The zero-order chi connectivity index (χ0) is 27.0. The van der Waals surface area contributed by atoms with E-state index in [2.05, 4.69) is 20.8 Å². The van der Waals surface area contributed by atoms with Crippen LogP contribution >= 0.6 is 0 Å². The number of nitrogens with one attached hydrogen (secondary N) is 2. The van der Waals surface area contributed by atoms with Gasteiger partial charge in [0, 0.05) is 14.1 Å². The molecule has 0 bridgehead atoms. The summed E-state index contributed by atoms with van der Waals surface area (Å²) in [6.45, 7) is 3.38. The van der Waals surface area contributed by atoms with Gasteiger partial charge in [-0.1, -0.05) is 36.4 Å². The Bertz CT molecular complexity index is 1220. The van der Waals surface area contributed by atoms with Gasteiger partial charge in [0.1, 0.15) is 19.2 Å². The lowest BCUT2D eigenvalue weighted by Crippen LogP contribution is -2.51. The molecule has 0 saturated heterocycles. The fourth-order valence-electron chi connectivity index (χ4n) is 3.37. The number of fused-ring (bicyclic) bond motifs is 1. The molecule has 37 heavy (non-hydrogen) atoms. The van der Waals surface area contributed by atoms with Gasteiger partial charge in [0.15, 0.2) is 11.5 Å². The zero-order valence-corrected chi connectivity index (χ0v) is 21.4. The normalized spacial score (nSPS) is 12.1. The fraction of sp³-hybridized carbons (Fsp3) is 0.400. The van der Waals surface area contributed by atoms with Gasteiger partial charge in [-0.05, 0) is 31.5 Å². The van der Waals surface area contributed by atoms with E-state index in [0.717, 1.165) is 10.5 Å². The lowest BCUT2D eigenvalue weighted by molar-refractivity contribution is -0.126. The molecular weight excluding hydrogens is 478 g/mol. The van der Waals surface area contributed by atoms with Crippen molar-refractivity contribution in [1.82, 2.24) is 30.1 Å². The van der Waals surface area contributed by atoms with Crippen LogP contribution in [0.5, 0.6) is 0 Å². The number of likely N-dealkylation sites (N-methyl/N-ethyl adjacent to an activating group) is 2. The monoisotopic (exact) mass is 511 g/mol. The smallest absolute Gasteiger partial charge is 0.410 e. The van der Waals surface area contributed by atoms with E-state index in [4.69, 9.17) is 15.2 Å². The minimum Gasteiger partial charge on any atom is -0.443 e. The van der Waals surface area contributed by atoms with Crippen LogP contribution in [0.1, 0.15) is 37.0 Å². The van der Waals surface area contributed by atoms with Crippen molar-refractivity contribution in [2.45, 2.75) is 38.6 Å². The Hall–Kier alpha value is -4.03. The van der Waals surface area contributed by atoms with Crippen LogP contribution in [-0.4, -0.2) is 70.2 Å². The highest BCUT2D eigenvalue weighted by Gasteiger charge is 2.28. The molecule has 1 atom stereocenters. The summed E-state index contributed by atoms with van der Waals surface area (Å²) < 4.78 is 13.0. The summed E-state index contributed by atoms with van der Waals surface area (Å²) in [6.07, 6.45) is -0.670. The van der Waals surface area contributed by atoms with Crippen LogP contribution in [0, 0.1) is 0 Å². The second-order valence-corrected chi connectivity index (χ2v) is 9.10. The van der Waals surface area contributed by atoms with E-state index >= 15 is 0 Å². The van der Waals surface area contributed by atoms with Crippen molar-refractivity contribution in [3.05, 3.63) is 65.6 Å². The first-order chi connectivity index (χ1) is 17.6. The molecule has 4 N–H and O–H groups in total. The third-order valence-electron chi connectivity index (χ3n) is 5.45. The lowest BCUT2D eigenvalue weighted by Gasteiger charge is -2.24. The summed E-state index contributed by atoms with van der Waals surface area (Å²) in [5.41, 5.74) is 6.92. The minimum absolute atomic E-state index is 0.0977. The Balaban J connectivity index is 1.83. The maximum absolute atomic E-state index is 12.8. The standard InChI is InChI=1S/C25H33N7O5/c1-25(2,26)23(34)28-19(16-36-14-17-9-6-5-7-10-17)22-30-29-20-12-8-11-18(32(20)22)15-37-24(35)31(4)13-21(33)27-3/h5-12,19H,13-16,26H2,1-4H3,(H,27,33)(H,28,34). The zero-order valence-electron chi connectivity index (χ0n) is 21.4. The molecule has 3 aromatic rings. The molecule has 3 amide bonds. The maximum atomic E-state index is 12.8. The molecule has 1 aromatic carbocycles. The summed E-state index contributed by atoms with van der Waals surface area (Å²) >= 11 is 0. The van der Waals surface area contributed by atoms with E-state index in [0.29, 0.717) is 23.8 Å². The quantitative estimate of drug-likeness (QED) is 0.347. The topological polar surface area (TPSA) is 153 Å². The van der Waals surface area contributed by atoms with E-state index in [1.807, 2.05) is 30.3 Å². The largest absolute Gasteiger partial charge is 0.443 e. The number of aromatic nitrogens is 3. The van der Waals surface area contributed by atoms with Crippen LogP contribution in [0.2, 0.25) is 0 Å². The number of carbonyl (C=O) groups excluding carboxylic acids is 3. The number of pyridine rings is 1. The predicted octanol–water partition coefficient (Wildman–Crippen LogP) is 1.16. The van der Waals surface area contributed by atoms with Crippen molar-refractivity contribution in [2.24, 2.45) is 5.73 Å². The van der Waals surface area contributed by atoms with Crippen molar-refractivity contribution >= 4 is 23.6 Å². The number of nitrogens with two attached hydrogens (primary N) is 1. The van der Waals surface area contributed by atoms with Gasteiger partial charge in [-0.15, -0.1) is 10.2 Å². The number of ether oxygens (including phenoxy) is 2. The third-order valence-corrected chi connectivity index (χ3v) is 5.45. The summed E-state index contributed by atoms with van der Waals surface area (Å²) in [6, 6.07) is 14.2. The van der Waals surface area contributed by atoms with E-state index in [1.54, 1.807) is 36.4 Å². The molecule has 12 nitrogen and oxygen atoms in total. The molecule has 198 valence electrons. The molecule has 0 spiro atoms. The molecule has 12 heteroatoms. The molecule has 0 aliphatic heterocycles. The third kappa shape index (κ3) is 7.48. The Labute approximate surface area is 215 Å². The Kier molecular flexibility index (Phi) is 9.15. The molecule has 0 fully saturated rings. The van der Waals surface area contributed by atoms with E-state index in [-0.39, 0.29) is 25.7 Å². The first kappa shape index (κ1) is 27.6. The van der Waals surface area contributed by atoms with Crippen molar-refractivity contribution in [1.29, 1.82) is 0 Å². The van der Waals surface area contributed by atoms with Gasteiger partial charge in [-0.25, -0.2) is 4.79 Å². The van der Waals surface area contributed by atoms with Gasteiger partial charge in [0.2, 0.25) is 11.8 Å². The highest BCUT2D eigenvalue weighted by molar-refractivity contribution is 5.85. The molecule has 0 aliphatic carbocycles. The molecule has 0 saturated carbocycles. The maximum Gasteiger partial charge on any atom is 0.410 e. The molecular formula is C25H33N7O5. The van der Waals surface area contributed by atoms with Gasteiger partial charge in [0.05, 0.1) is 24.4 Å². The van der Waals surface area contributed by atoms with Crippen LogP contribution in [0.25, 0.3) is 5.65 Å². The molecule has 0 aliphatic rings. The summed E-state index contributed by atoms with van der Waals surface area (Å²) in [7, 11) is 2.95. The number of hydrogen-bond acceptors (Lipinski definition) is 8. The second kappa shape index (κ2) is 12.3. The average Bonchev–Trinajstić information content (AvgIpc) is 3.31. The van der Waals surface area contributed by atoms with E-state index < -0.39 is 23.6 Å². The van der Waals surface area contributed by atoms with Crippen LogP contribution in [0.4, 0.5) is 4.79 Å². The Morgan fingerprint density at radius 3 is 2.49 bits per heavy atom. The highest BCUT2D eigenvalue weighted by atomic mass is 16.6. The van der Waals surface area contributed by atoms with E-state index in [1.165, 1.54) is 14.1 Å². The first-order valence-corrected chi connectivity index (χ1v) is 11.7. The molecule has 0 radical (unpaired) electrons. The predicted molar refractivity (Wildman–Crippen MR) is 135 cm³/mol. The minimum atomic E-state index is -1.13. The highest BCUT2D eigenvalue weighted by Crippen LogP contribution is 2.18. The molecule has 2 heterocycles. The van der Waals surface area contributed by atoms with Crippen molar-refractivity contribution in [2.75, 3.05) is 27.2 Å². The number of carbonyl (C=O) groups is 3. The summed E-state index contributed by atoms with van der Waals surface area (Å²) in [5.74, 6) is -0.317. The fourth-order valence-corrected chi connectivity index (χ4v) is 3.37. The summed E-state index contributed by atoms with van der Waals surface area (Å²) in [5, 5.41) is 13.9. The number of hydrogen-bond donors (Lipinski definition) is 3. The van der Waals surface area contributed by atoms with Gasteiger partial charge in [-0.2, -0.15) is 0 Å². The molecule has 2 aromatic heterocycles. The van der Waals surface area contributed by atoms with Gasteiger partial charge in [-0.3, -0.25) is 14.0 Å². The molecule has 3 rings (SSSR count). The molecule has 1 unspecified atom stereocenters. The summed E-state index contributed by atoms with van der Waals surface area (Å²) in [4.78, 5) is 37.9.